The first kappa shape index (κ1) is 17.5. The van der Waals surface area contributed by atoms with Gasteiger partial charge in [0.15, 0.2) is 0 Å². The molecular weight excluding hydrogens is 357 g/mol. The van der Waals surface area contributed by atoms with Crippen LogP contribution in [0.25, 0.3) is 0 Å². The highest BCUT2D eigenvalue weighted by atomic mass is 35.5. The van der Waals surface area contributed by atoms with E-state index in [-0.39, 0.29) is 24.2 Å². The number of hydrogen-bond acceptors (Lipinski definition) is 2. The standard InChI is InChI=1S/C20H25Cl2NO2/c1-13-5-6-14-11-17-15-4-2-3-7-20(15,16(14)10-13)8-9-23(17)19(24)25-12-18(21)22/h5-6,10,15,17-18H,2-4,7-9,11-12H2,1H3. The molecule has 136 valence electrons. The number of benzene rings is 1. The maximum Gasteiger partial charge on any atom is 0.410 e. The highest BCUT2D eigenvalue weighted by Crippen LogP contribution is 2.55. The summed E-state index contributed by atoms with van der Waals surface area (Å²) < 4.78 is 5.34. The molecular formula is C20H25Cl2NO2. The summed E-state index contributed by atoms with van der Waals surface area (Å²) in [5, 5.41) is 0. The van der Waals surface area contributed by atoms with Crippen molar-refractivity contribution in [1.82, 2.24) is 4.90 Å². The van der Waals surface area contributed by atoms with Crippen molar-refractivity contribution in [2.75, 3.05) is 13.2 Å². The number of ether oxygens (including phenoxy) is 1. The number of carbonyl (C=O) groups excluding carboxylic acids is 1. The monoisotopic (exact) mass is 381 g/mol. The van der Waals surface area contributed by atoms with Crippen molar-refractivity contribution < 1.29 is 9.53 Å². The molecule has 2 fully saturated rings. The number of carbonyl (C=O) groups is 1. The van der Waals surface area contributed by atoms with E-state index >= 15 is 0 Å². The number of hydrogen-bond donors (Lipinski definition) is 0. The fourth-order valence-corrected chi connectivity index (χ4v) is 5.69. The van der Waals surface area contributed by atoms with Crippen LogP contribution >= 0.6 is 23.2 Å². The molecule has 1 saturated heterocycles. The van der Waals surface area contributed by atoms with Gasteiger partial charge in [0.2, 0.25) is 0 Å². The number of nitrogens with zero attached hydrogens (tertiary/aromatic N) is 1. The number of fused-ring (bicyclic) bond motifs is 1. The average molecular weight is 382 g/mol. The lowest BCUT2D eigenvalue weighted by atomic mass is 9.52. The molecule has 0 radical (unpaired) electrons. The molecule has 3 aliphatic rings. The second-order valence-electron chi connectivity index (χ2n) is 7.85. The van der Waals surface area contributed by atoms with E-state index in [2.05, 4.69) is 25.1 Å². The molecule has 1 saturated carbocycles. The third kappa shape index (κ3) is 2.94. The normalized spacial score (nSPS) is 30.6. The van der Waals surface area contributed by atoms with Gasteiger partial charge in [-0.2, -0.15) is 0 Å². The largest absolute Gasteiger partial charge is 0.447 e. The SMILES string of the molecule is Cc1ccc2c(c1)C13CCCCC1C(C2)N(C(=O)OCC(Cl)Cl)CC3. The molecule has 25 heavy (non-hydrogen) atoms. The van der Waals surface area contributed by atoms with Gasteiger partial charge in [0.05, 0.1) is 0 Å². The fourth-order valence-electron chi connectivity index (χ4n) is 5.56. The molecule has 0 spiro atoms. The van der Waals surface area contributed by atoms with Crippen LogP contribution in [-0.2, 0) is 16.6 Å². The van der Waals surface area contributed by atoms with Gasteiger partial charge in [0.25, 0.3) is 0 Å². The molecule has 1 aromatic carbocycles. The second kappa shape index (κ2) is 6.66. The first-order valence-corrected chi connectivity index (χ1v) is 10.2. The lowest BCUT2D eigenvalue weighted by molar-refractivity contribution is -0.0111. The Kier molecular flexibility index (Phi) is 4.66. The van der Waals surface area contributed by atoms with Crippen LogP contribution in [0.2, 0.25) is 0 Å². The van der Waals surface area contributed by atoms with Crippen LogP contribution in [0.15, 0.2) is 18.2 Å². The zero-order valence-corrected chi connectivity index (χ0v) is 16.2. The van der Waals surface area contributed by atoms with Crippen molar-refractivity contribution >= 4 is 29.3 Å². The maximum absolute atomic E-state index is 12.6. The molecule has 1 aromatic rings. The zero-order chi connectivity index (χ0) is 17.6. The van der Waals surface area contributed by atoms with E-state index in [0.29, 0.717) is 5.92 Å². The van der Waals surface area contributed by atoms with Crippen molar-refractivity contribution in [3.8, 4) is 0 Å². The number of halogens is 2. The lowest BCUT2D eigenvalue weighted by Gasteiger charge is -2.58. The van der Waals surface area contributed by atoms with Crippen LogP contribution in [0.1, 0.15) is 48.8 Å². The predicted octanol–water partition coefficient (Wildman–Crippen LogP) is 4.99. The minimum atomic E-state index is -0.669. The maximum atomic E-state index is 12.6. The Morgan fingerprint density at radius 1 is 1.36 bits per heavy atom. The van der Waals surface area contributed by atoms with E-state index < -0.39 is 4.84 Å². The van der Waals surface area contributed by atoms with Gasteiger partial charge in [-0.15, -0.1) is 23.2 Å². The van der Waals surface area contributed by atoms with Crippen LogP contribution in [0.4, 0.5) is 4.79 Å². The van der Waals surface area contributed by atoms with Crippen LogP contribution < -0.4 is 0 Å². The summed E-state index contributed by atoms with van der Waals surface area (Å²) in [6.07, 6.45) is 6.72. The Balaban J connectivity index is 1.68. The molecule has 1 heterocycles. The van der Waals surface area contributed by atoms with E-state index in [4.69, 9.17) is 27.9 Å². The van der Waals surface area contributed by atoms with Gasteiger partial charge >= 0.3 is 6.09 Å². The van der Waals surface area contributed by atoms with Crippen LogP contribution in [0, 0.1) is 12.8 Å². The Morgan fingerprint density at radius 3 is 3.00 bits per heavy atom. The van der Waals surface area contributed by atoms with Gasteiger partial charge in [-0.3, -0.25) is 0 Å². The smallest absolute Gasteiger partial charge is 0.410 e. The van der Waals surface area contributed by atoms with Gasteiger partial charge in [-0.25, -0.2) is 4.79 Å². The molecule has 3 unspecified atom stereocenters. The highest BCUT2D eigenvalue weighted by Gasteiger charge is 2.54. The van der Waals surface area contributed by atoms with Gasteiger partial charge in [0, 0.05) is 18.0 Å². The molecule has 0 aromatic heterocycles. The number of likely N-dealkylation sites (tertiary alicyclic amines) is 1. The summed E-state index contributed by atoms with van der Waals surface area (Å²) in [5.41, 5.74) is 4.57. The van der Waals surface area contributed by atoms with Crippen molar-refractivity contribution in [3.63, 3.8) is 0 Å². The first-order chi connectivity index (χ1) is 12.0. The Bertz CT molecular complexity index is 678. The molecule has 5 heteroatoms. The topological polar surface area (TPSA) is 29.5 Å². The van der Waals surface area contributed by atoms with Gasteiger partial charge in [-0.05, 0) is 49.7 Å². The molecule has 2 bridgehead atoms. The molecule has 3 nitrogen and oxygen atoms in total. The zero-order valence-electron chi connectivity index (χ0n) is 14.6. The minimum absolute atomic E-state index is 0.0523. The highest BCUT2D eigenvalue weighted by molar-refractivity contribution is 6.44. The summed E-state index contributed by atoms with van der Waals surface area (Å²) in [4.78, 5) is 13.9. The summed E-state index contributed by atoms with van der Waals surface area (Å²) >= 11 is 11.5. The van der Waals surface area contributed by atoms with Crippen molar-refractivity contribution in [3.05, 3.63) is 34.9 Å². The third-order valence-corrected chi connectivity index (χ3v) is 6.81. The van der Waals surface area contributed by atoms with E-state index in [1.807, 2.05) is 4.90 Å². The van der Waals surface area contributed by atoms with Crippen molar-refractivity contribution in [2.45, 2.75) is 61.7 Å². The van der Waals surface area contributed by atoms with Gasteiger partial charge in [0.1, 0.15) is 11.4 Å². The van der Waals surface area contributed by atoms with Crippen LogP contribution in [-0.4, -0.2) is 35.0 Å². The number of alkyl halides is 2. The average Bonchev–Trinajstić information content (AvgIpc) is 2.60. The summed E-state index contributed by atoms with van der Waals surface area (Å²) in [5.74, 6) is 0.541. The second-order valence-corrected chi connectivity index (χ2v) is 9.13. The number of aryl methyl sites for hydroxylation is 1. The molecule has 3 atom stereocenters. The minimum Gasteiger partial charge on any atom is -0.447 e. The quantitative estimate of drug-likeness (QED) is 0.674. The number of amides is 1. The summed E-state index contributed by atoms with van der Waals surface area (Å²) in [6, 6.07) is 7.11. The van der Waals surface area contributed by atoms with E-state index in [0.717, 1.165) is 19.4 Å². The van der Waals surface area contributed by atoms with Crippen LogP contribution in [0.3, 0.4) is 0 Å². The first-order valence-electron chi connectivity index (χ1n) is 9.33. The van der Waals surface area contributed by atoms with E-state index in [1.165, 1.54) is 36.8 Å². The molecule has 1 amide bonds. The predicted molar refractivity (Wildman–Crippen MR) is 100 cm³/mol. The van der Waals surface area contributed by atoms with Gasteiger partial charge < -0.3 is 9.64 Å². The molecule has 4 rings (SSSR count). The molecule has 2 aliphatic carbocycles. The van der Waals surface area contributed by atoms with Crippen LogP contribution in [0.5, 0.6) is 0 Å². The fraction of sp³-hybridized carbons (Fsp3) is 0.650. The summed E-state index contributed by atoms with van der Waals surface area (Å²) in [7, 11) is 0. The van der Waals surface area contributed by atoms with Crippen molar-refractivity contribution in [2.24, 2.45) is 5.92 Å². The third-order valence-electron chi connectivity index (χ3n) is 6.56. The molecule has 0 N–H and O–H groups in total. The number of piperidine rings is 1. The summed E-state index contributed by atoms with van der Waals surface area (Å²) in [6.45, 7) is 3.00. The van der Waals surface area contributed by atoms with Gasteiger partial charge in [-0.1, -0.05) is 36.6 Å². The molecule has 1 aliphatic heterocycles. The van der Waals surface area contributed by atoms with Crippen molar-refractivity contribution in [1.29, 1.82) is 0 Å². The Morgan fingerprint density at radius 2 is 2.20 bits per heavy atom. The lowest BCUT2D eigenvalue weighted by Crippen LogP contribution is -2.62. The van der Waals surface area contributed by atoms with E-state index in [1.54, 1.807) is 5.56 Å². The van der Waals surface area contributed by atoms with E-state index in [9.17, 15) is 4.79 Å². The Labute approximate surface area is 159 Å². The Hall–Kier alpha value is -0.930. The number of rotatable bonds is 2.